The molecule has 0 bridgehead atoms. The molecule has 1 N–H and O–H groups in total. The Morgan fingerprint density at radius 2 is 2.05 bits per heavy atom. The van der Waals surface area contributed by atoms with E-state index in [1.807, 2.05) is 6.92 Å². The van der Waals surface area contributed by atoms with Gasteiger partial charge in [0.25, 0.3) is 0 Å². The molecule has 0 amide bonds. The highest BCUT2D eigenvalue weighted by molar-refractivity contribution is 5.76. The Bertz CT molecular complexity index is 265. The molecule has 1 aliphatic rings. The maximum atomic E-state index is 12.0. The van der Waals surface area contributed by atoms with E-state index in [0.717, 1.165) is 32.0 Å². The summed E-state index contributed by atoms with van der Waals surface area (Å²) in [7, 11) is 0. The smallest absolute Gasteiger partial charge is 0.324 e. The molecule has 1 saturated carbocycles. The van der Waals surface area contributed by atoms with Crippen molar-refractivity contribution in [3.8, 4) is 0 Å². The molecule has 0 aromatic heterocycles. The second-order valence-electron chi connectivity index (χ2n) is 5.75. The number of carbonyl (C=O) groups is 1. The van der Waals surface area contributed by atoms with Crippen LogP contribution in [0.15, 0.2) is 0 Å². The van der Waals surface area contributed by atoms with Crippen LogP contribution in [0, 0.1) is 5.92 Å². The Labute approximate surface area is 117 Å². The van der Waals surface area contributed by atoms with Crippen LogP contribution in [0.1, 0.15) is 47.0 Å². The van der Waals surface area contributed by atoms with Gasteiger partial charge in [-0.3, -0.25) is 9.69 Å². The lowest BCUT2D eigenvalue weighted by molar-refractivity contribution is -0.146. The summed E-state index contributed by atoms with van der Waals surface area (Å²) >= 11 is 0. The van der Waals surface area contributed by atoms with Crippen LogP contribution in [-0.4, -0.2) is 49.2 Å². The Morgan fingerprint density at radius 3 is 2.53 bits per heavy atom. The third-order valence-corrected chi connectivity index (χ3v) is 3.55. The van der Waals surface area contributed by atoms with Crippen molar-refractivity contribution >= 4 is 5.97 Å². The van der Waals surface area contributed by atoms with Crippen molar-refractivity contribution in [3.63, 3.8) is 0 Å². The van der Waals surface area contributed by atoms with Crippen LogP contribution in [0.5, 0.6) is 0 Å². The lowest BCUT2D eigenvalue weighted by Gasteiger charge is -2.30. The molecule has 1 fully saturated rings. The van der Waals surface area contributed by atoms with Crippen LogP contribution in [0.4, 0.5) is 0 Å². The van der Waals surface area contributed by atoms with Crippen LogP contribution in [0.3, 0.4) is 0 Å². The third-order valence-electron chi connectivity index (χ3n) is 3.55. The van der Waals surface area contributed by atoms with E-state index in [4.69, 9.17) is 4.74 Å². The van der Waals surface area contributed by atoms with E-state index in [2.05, 4.69) is 31.0 Å². The predicted octanol–water partition coefficient (Wildman–Crippen LogP) is 2.04. The van der Waals surface area contributed by atoms with Gasteiger partial charge in [0.05, 0.1) is 6.61 Å². The van der Waals surface area contributed by atoms with E-state index in [1.165, 1.54) is 12.8 Å². The number of rotatable bonds is 10. The minimum Gasteiger partial charge on any atom is -0.465 e. The molecule has 1 rings (SSSR count). The lowest BCUT2D eigenvalue weighted by Crippen LogP contribution is -2.49. The molecule has 4 heteroatoms. The molecule has 0 aromatic carbocycles. The van der Waals surface area contributed by atoms with Crippen LogP contribution >= 0.6 is 0 Å². The second kappa shape index (κ2) is 8.54. The first-order valence-corrected chi connectivity index (χ1v) is 7.72. The molecule has 1 atom stereocenters. The van der Waals surface area contributed by atoms with Gasteiger partial charge in [0.15, 0.2) is 0 Å². The molecule has 1 unspecified atom stereocenters. The van der Waals surface area contributed by atoms with Gasteiger partial charge in [-0.15, -0.1) is 0 Å². The molecule has 0 saturated heterocycles. The van der Waals surface area contributed by atoms with E-state index in [0.29, 0.717) is 12.6 Å². The van der Waals surface area contributed by atoms with Gasteiger partial charge in [0, 0.05) is 19.1 Å². The molecule has 4 nitrogen and oxygen atoms in total. The molecular weight excluding hydrogens is 240 g/mol. The first-order valence-electron chi connectivity index (χ1n) is 7.72. The fourth-order valence-electron chi connectivity index (χ4n) is 2.15. The van der Waals surface area contributed by atoms with E-state index >= 15 is 0 Å². The van der Waals surface area contributed by atoms with Crippen LogP contribution in [-0.2, 0) is 9.53 Å². The SMILES string of the molecule is CCCNC(CN(CC1CC1)C(C)C)C(=O)OCC. The monoisotopic (exact) mass is 270 g/mol. The van der Waals surface area contributed by atoms with Gasteiger partial charge < -0.3 is 10.1 Å². The Balaban J connectivity index is 2.52. The summed E-state index contributed by atoms with van der Waals surface area (Å²) in [5.41, 5.74) is 0. The quantitative estimate of drug-likeness (QED) is 0.617. The normalized spacial score (nSPS) is 16.9. The highest BCUT2D eigenvalue weighted by atomic mass is 16.5. The number of hydrogen-bond donors (Lipinski definition) is 1. The fraction of sp³-hybridized carbons (Fsp3) is 0.933. The number of nitrogens with one attached hydrogen (secondary N) is 1. The first-order chi connectivity index (χ1) is 9.08. The molecule has 0 spiro atoms. The molecule has 0 radical (unpaired) electrons. The first kappa shape index (κ1) is 16.4. The summed E-state index contributed by atoms with van der Waals surface area (Å²) in [5.74, 6) is 0.730. The summed E-state index contributed by atoms with van der Waals surface area (Å²) in [6, 6.07) is 0.280. The minimum atomic E-state index is -0.193. The van der Waals surface area contributed by atoms with E-state index in [9.17, 15) is 4.79 Å². The van der Waals surface area contributed by atoms with Crippen molar-refractivity contribution in [1.82, 2.24) is 10.2 Å². The van der Waals surface area contributed by atoms with Crippen LogP contribution in [0.25, 0.3) is 0 Å². The predicted molar refractivity (Wildman–Crippen MR) is 78.1 cm³/mol. The van der Waals surface area contributed by atoms with Gasteiger partial charge in [0.2, 0.25) is 0 Å². The van der Waals surface area contributed by atoms with Crippen molar-refractivity contribution in [3.05, 3.63) is 0 Å². The third kappa shape index (κ3) is 6.39. The van der Waals surface area contributed by atoms with Gasteiger partial charge in [-0.2, -0.15) is 0 Å². The summed E-state index contributed by atoms with van der Waals surface area (Å²) < 4.78 is 5.17. The van der Waals surface area contributed by atoms with E-state index in [1.54, 1.807) is 0 Å². The Kier molecular flexibility index (Phi) is 7.39. The maximum Gasteiger partial charge on any atom is 0.324 e. The number of ether oxygens (including phenoxy) is 1. The van der Waals surface area contributed by atoms with Crippen molar-refractivity contribution in [2.24, 2.45) is 5.92 Å². The van der Waals surface area contributed by atoms with Crippen LogP contribution in [0.2, 0.25) is 0 Å². The second-order valence-corrected chi connectivity index (χ2v) is 5.75. The molecular formula is C15H30N2O2. The average Bonchev–Trinajstić information content (AvgIpc) is 3.16. The van der Waals surface area contributed by atoms with Crippen LogP contribution < -0.4 is 5.32 Å². The zero-order valence-electron chi connectivity index (χ0n) is 12.9. The maximum absolute atomic E-state index is 12.0. The minimum absolute atomic E-state index is 0.114. The number of esters is 1. The summed E-state index contributed by atoms with van der Waals surface area (Å²) in [6.45, 7) is 11.5. The standard InChI is InChI=1S/C15H30N2O2/c1-5-9-16-14(15(18)19-6-2)11-17(12(3)4)10-13-7-8-13/h12-14,16H,5-11H2,1-4H3. The summed E-state index contributed by atoms with van der Waals surface area (Å²) in [5, 5.41) is 3.32. The van der Waals surface area contributed by atoms with Gasteiger partial charge in [0.1, 0.15) is 6.04 Å². The summed E-state index contributed by atoms with van der Waals surface area (Å²) in [4.78, 5) is 14.4. The van der Waals surface area contributed by atoms with Gasteiger partial charge in [-0.1, -0.05) is 6.92 Å². The molecule has 0 aromatic rings. The number of hydrogen-bond acceptors (Lipinski definition) is 4. The van der Waals surface area contributed by atoms with Crippen molar-refractivity contribution in [2.45, 2.75) is 59.0 Å². The highest BCUT2D eigenvalue weighted by Crippen LogP contribution is 2.30. The zero-order chi connectivity index (χ0) is 14.3. The van der Waals surface area contributed by atoms with Crippen molar-refractivity contribution < 1.29 is 9.53 Å². The molecule has 112 valence electrons. The number of nitrogens with zero attached hydrogens (tertiary/aromatic N) is 1. The van der Waals surface area contributed by atoms with Crippen molar-refractivity contribution in [2.75, 3.05) is 26.2 Å². The molecule has 19 heavy (non-hydrogen) atoms. The topological polar surface area (TPSA) is 41.6 Å². The highest BCUT2D eigenvalue weighted by Gasteiger charge is 2.29. The lowest BCUT2D eigenvalue weighted by atomic mass is 10.2. The van der Waals surface area contributed by atoms with Gasteiger partial charge >= 0.3 is 5.97 Å². The Morgan fingerprint density at radius 1 is 1.37 bits per heavy atom. The largest absolute Gasteiger partial charge is 0.465 e. The molecule has 1 aliphatic carbocycles. The fourth-order valence-corrected chi connectivity index (χ4v) is 2.15. The van der Waals surface area contributed by atoms with E-state index in [-0.39, 0.29) is 12.0 Å². The molecule has 0 aliphatic heterocycles. The van der Waals surface area contributed by atoms with Gasteiger partial charge in [-0.05, 0) is 52.5 Å². The zero-order valence-corrected chi connectivity index (χ0v) is 12.9. The van der Waals surface area contributed by atoms with Gasteiger partial charge in [-0.25, -0.2) is 0 Å². The van der Waals surface area contributed by atoms with E-state index < -0.39 is 0 Å². The Hall–Kier alpha value is -0.610. The molecule has 0 heterocycles. The average molecular weight is 270 g/mol. The number of carbonyl (C=O) groups excluding carboxylic acids is 1. The summed E-state index contributed by atoms with van der Waals surface area (Å²) in [6.07, 6.45) is 3.71. The van der Waals surface area contributed by atoms with Crippen molar-refractivity contribution in [1.29, 1.82) is 0 Å².